The minimum absolute atomic E-state index is 0. The zero-order valence-electron chi connectivity index (χ0n) is 11.7. The molecule has 1 aromatic carbocycles. The zero-order valence-corrected chi connectivity index (χ0v) is 12.5. The van der Waals surface area contributed by atoms with E-state index in [0.29, 0.717) is 18.5 Å². The summed E-state index contributed by atoms with van der Waals surface area (Å²) in [7, 11) is 0. The number of nitrogens with two attached hydrogens (primary N) is 1. The molecule has 2 atom stereocenters. The lowest BCUT2D eigenvalue weighted by Gasteiger charge is -2.39. The van der Waals surface area contributed by atoms with Gasteiger partial charge in [0.05, 0.1) is 4.92 Å². The molecule has 1 fully saturated rings. The summed E-state index contributed by atoms with van der Waals surface area (Å²) in [6.45, 7) is 4.81. The van der Waals surface area contributed by atoms with E-state index in [9.17, 15) is 10.1 Å². The molecule has 2 N–H and O–H groups in total. The molecular weight excluding hydrogens is 278 g/mol. The minimum Gasteiger partial charge on any atom is -0.329 e. The van der Waals surface area contributed by atoms with E-state index >= 15 is 0 Å². The van der Waals surface area contributed by atoms with Gasteiger partial charge in [-0.1, -0.05) is 19.1 Å². The molecule has 0 radical (unpaired) electrons. The third-order valence-corrected chi connectivity index (χ3v) is 4.00. The van der Waals surface area contributed by atoms with Gasteiger partial charge in [0.25, 0.3) is 5.69 Å². The van der Waals surface area contributed by atoms with Crippen LogP contribution in [-0.2, 0) is 6.54 Å². The van der Waals surface area contributed by atoms with E-state index in [4.69, 9.17) is 5.73 Å². The van der Waals surface area contributed by atoms with Crippen LogP contribution in [0.5, 0.6) is 0 Å². The van der Waals surface area contributed by atoms with Crippen LogP contribution in [0.3, 0.4) is 0 Å². The molecule has 0 aliphatic carbocycles. The van der Waals surface area contributed by atoms with Crippen LogP contribution >= 0.6 is 12.4 Å². The van der Waals surface area contributed by atoms with Gasteiger partial charge in [0.2, 0.25) is 0 Å². The molecular formula is C14H22ClN3O2. The van der Waals surface area contributed by atoms with Gasteiger partial charge in [-0.15, -0.1) is 12.4 Å². The van der Waals surface area contributed by atoms with Crippen LogP contribution in [0, 0.1) is 16.0 Å². The summed E-state index contributed by atoms with van der Waals surface area (Å²) in [5.74, 6) is 0.622. The Balaban J connectivity index is 0.00000200. The first-order chi connectivity index (χ1) is 9.11. The SMILES string of the molecule is CC1CCCN(Cc2ccc([N+](=O)[O-])cc2)C1CN.Cl. The van der Waals surface area contributed by atoms with E-state index in [1.54, 1.807) is 12.1 Å². The van der Waals surface area contributed by atoms with Crippen LogP contribution in [0.4, 0.5) is 5.69 Å². The Kier molecular flexibility index (Phi) is 6.39. The maximum Gasteiger partial charge on any atom is 0.269 e. The number of piperidine rings is 1. The number of nitrogens with zero attached hydrogens (tertiary/aromatic N) is 2. The van der Waals surface area contributed by atoms with Crippen molar-refractivity contribution in [3.05, 3.63) is 39.9 Å². The average Bonchev–Trinajstić information content (AvgIpc) is 2.39. The Morgan fingerprint density at radius 3 is 2.60 bits per heavy atom. The molecule has 1 saturated heterocycles. The molecule has 1 aromatic rings. The van der Waals surface area contributed by atoms with Crippen LogP contribution < -0.4 is 5.73 Å². The van der Waals surface area contributed by atoms with Crippen molar-refractivity contribution in [1.82, 2.24) is 4.90 Å². The maximum absolute atomic E-state index is 10.6. The summed E-state index contributed by atoms with van der Waals surface area (Å²) >= 11 is 0. The van der Waals surface area contributed by atoms with Crippen molar-refractivity contribution in [2.45, 2.75) is 32.4 Å². The number of rotatable bonds is 4. The van der Waals surface area contributed by atoms with E-state index < -0.39 is 0 Å². The molecule has 0 bridgehead atoms. The number of halogens is 1. The van der Waals surface area contributed by atoms with Crippen molar-refractivity contribution in [3.63, 3.8) is 0 Å². The summed E-state index contributed by atoms with van der Waals surface area (Å²) in [6, 6.07) is 7.24. The van der Waals surface area contributed by atoms with Gasteiger partial charge in [0.15, 0.2) is 0 Å². The Labute approximate surface area is 125 Å². The normalized spacial score (nSPS) is 23.1. The second-order valence-electron chi connectivity index (χ2n) is 5.32. The highest BCUT2D eigenvalue weighted by Crippen LogP contribution is 2.24. The molecule has 20 heavy (non-hydrogen) atoms. The van der Waals surface area contributed by atoms with Crippen LogP contribution in [0.15, 0.2) is 24.3 Å². The number of hydrogen-bond acceptors (Lipinski definition) is 4. The molecule has 0 spiro atoms. The highest BCUT2D eigenvalue weighted by atomic mass is 35.5. The van der Waals surface area contributed by atoms with Gasteiger partial charge < -0.3 is 5.73 Å². The molecule has 1 aliphatic rings. The highest BCUT2D eigenvalue weighted by molar-refractivity contribution is 5.85. The van der Waals surface area contributed by atoms with Crippen molar-refractivity contribution in [2.24, 2.45) is 11.7 Å². The summed E-state index contributed by atoms with van der Waals surface area (Å²) in [5.41, 5.74) is 7.12. The number of nitro benzene ring substituents is 1. The summed E-state index contributed by atoms with van der Waals surface area (Å²) < 4.78 is 0. The van der Waals surface area contributed by atoms with Gasteiger partial charge in [-0.25, -0.2) is 0 Å². The molecule has 6 heteroatoms. The Morgan fingerprint density at radius 2 is 2.05 bits per heavy atom. The van der Waals surface area contributed by atoms with Crippen molar-refractivity contribution in [1.29, 1.82) is 0 Å². The van der Waals surface area contributed by atoms with Gasteiger partial charge in [-0.2, -0.15) is 0 Å². The topological polar surface area (TPSA) is 72.4 Å². The van der Waals surface area contributed by atoms with Crippen LogP contribution in [0.1, 0.15) is 25.3 Å². The molecule has 2 rings (SSSR count). The molecule has 1 aliphatic heterocycles. The molecule has 1 heterocycles. The van der Waals surface area contributed by atoms with Gasteiger partial charge in [0.1, 0.15) is 0 Å². The smallest absolute Gasteiger partial charge is 0.269 e. The van der Waals surface area contributed by atoms with Gasteiger partial charge in [-0.05, 0) is 30.9 Å². The predicted molar refractivity (Wildman–Crippen MR) is 82.0 cm³/mol. The quantitative estimate of drug-likeness (QED) is 0.685. The molecule has 2 unspecified atom stereocenters. The lowest BCUT2D eigenvalue weighted by molar-refractivity contribution is -0.384. The standard InChI is InChI=1S/C14H21N3O2.ClH/c1-11-3-2-8-16(14(11)9-15)10-12-4-6-13(7-5-12)17(18)19;/h4-7,11,14H,2-3,8-10,15H2,1H3;1H. The largest absolute Gasteiger partial charge is 0.329 e. The highest BCUT2D eigenvalue weighted by Gasteiger charge is 2.27. The van der Waals surface area contributed by atoms with E-state index in [1.807, 2.05) is 12.1 Å². The first-order valence-corrected chi connectivity index (χ1v) is 6.79. The molecule has 0 aromatic heterocycles. The van der Waals surface area contributed by atoms with Crippen LogP contribution in [0.25, 0.3) is 0 Å². The Morgan fingerprint density at radius 1 is 1.40 bits per heavy atom. The predicted octanol–water partition coefficient (Wildman–Crippen LogP) is 2.58. The van der Waals surface area contributed by atoms with Crippen molar-refractivity contribution < 1.29 is 4.92 Å². The number of likely N-dealkylation sites (tertiary alicyclic amines) is 1. The number of benzene rings is 1. The van der Waals surface area contributed by atoms with E-state index in [2.05, 4.69) is 11.8 Å². The van der Waals surface area contributed by atoms with E-state index in [-0.39, 0.29) is 23.0 Å². The Hall–Kier alpha value is -1.17. The lowest BCUT2D eigenvalue weighted by atomic mass is 9.90. The summed E-state index contributed by atoms with van der Waals surface area (Å²) in [5, 5.41) is 10.6. The van der Waals surface area contributed by atoms with Crippen molar-refractivity contribution >= 4 is 18.1 Å². The van der Waals surface area contributed by atoms with Gasteiger partial charge in [-0.3, -0.25) is 15.0 Å². The van der Waals surface area contributed by atoms with Crippen molar-refractivity contribution in [2.75, 3.05) is 13.1 Å². The number of hydrogen-bond donors (Lipinski definition) is 1. The molecule has 5 nitrogen and oxygen atoms in total. The monoisotopic (exact) mass is 299 g/mol. The first-order valence-electron chi connectivity index (χ1n) is 6.79. The molecule has 112 valence electrons. The van der Waals surface area contributed by atoms with E-state index in [0.717, 1.165) is 18.7 Å². The Bertz CT molecular complexity index is 439. The number of nitro groups is 1. The third kappa shape index (κ3) is 3.91. The average molecular weight is 300 g/mol. The molecule has 0 saturated carbocycles. The van der Waals surface area contributed by atoms with E-state index in [1.165, 1.54) is 12.8 Å². The lowest BCUT2D eigenvalue weighted by Crippen LogP contribution is -2.47. The molecule has 0 amide bonds. The second-order valence-corrected chi connectivity index (χ2v) is 5.32. The summed E-state index contributed by atoms with van der Waals surface area (Å²) in [4.78, 5) is 12.7. The van der Waals surface area contributed by atoms with Crippen LogP contribution in [0.2, 0.25) is 0 Å². The third-order valence-electron chi connectivity index (χ3n) is 4.00. The fourth-order valence-electron chi connectivity index (χ4n) is 2.87. The van der Waals surface area contributed by atoms with Gasteiger partial charge >= 0.3 is 0 Å². The minimum atomic E-state index is -0.366. The first kappa shape index (κ1) is 16.9. The van der Waals surface area contributed by atoms with Crippen LogP contribution in [-0.4, -0.2) is 29.0 Å². The fourth-order valence-corrected chi connectivity index (χ4v) is 2.87. The summed E-state index contributed by atoms with van der Waals surface area (Å²) in [6.07, 6.45) is 2.43. The zero-order chi connectivity index (χ0) is 13.8. The number of non-ortho nitro benzene ring substituents is 1. The maximum atomic E-state index is 10.6. The second kappa shape index (κ2) is 7.57. The van der Waals surface area contributed by atoms with Gasteiger partial charge in [0, 0.05) is 31.3 Å². The fraction of sp³-hybridized carbons (Fsp3) is 0.571. The van der Waals surface area contributed by atoms with Crippen molar-refractivity contribution in [3.8, 4) is 0 Å².